The van der Waals surface area contributed by atoms with E-state index in [1.807, 2.05) is 0 Å². The maximum atomic E-state index is 12.4. The monoisotopic (exact) mass is 380 g/mol. The molecule has 2 aliphatic rings. The molecule has 25 heavy (non-hydrogen) atoms. The van der Waals surface area contributed by atoms with Crippen LogP contribution in [0, 0.1) is 11.8 Å². The number of thioether (sulfide) groups is 1. The molecule has 3 rings (SSSR count). The highest BCUT2D eigenvalue weighted by Gasteiger charge is 2.47. The van der Waals surface area contributed by atoms with Crippen molar-refractivity contribution in [2.75, 3.05) is 17.6 Å². The molecule has 2 fully saturated rings. The second-order valence-corrected chi connectivity index (χ2v) is 8.34. The summed E-state index contributed by atoms with van der Waals surface area (Å²) in [5.74, 6) is -0.104. The Bertz CT molecular complexity index is 667. The molecule has 1 aromatic heterocycles. The van der Waals surface area contributed by atoms with Crippen molar-refractivity contribution in [3.8, 4) is 0 Å². The molecule has 0 spiro atoms. The van der Waals surface area contributed by atoms with E-state index in [4.69, 9.17) is 0 Å². The molecule has 2 atom stereocenters. The molecule has 134 valence electrons. The number of aromatic nitrogens is 2. The smallest absolute Gasteiger partial charge is 0.233 e. The Hall–Kier alpha value is -1.74. The molecular formula is C16H20N4O3S2. The fraction of sp³-hybridized carbons (Fsp3) is 0.562. The summed E-state index contributed by atoms with van der Waals surface area (Å²) in [5.41, 5.74) is 0. The Morgan fingerprint density at radius 3 is 2.60 bits per heavy atom. The highest BCUT2D eigenvalue weighted by molar-refractivity contribution is 8.01. The largest absolute Gasteiger partial charge is 0.300 e. The van der Waals surface area contributed by atoms with Crippen molar-refractivity contribution < 1.29 is 14.4 Å². The number of nitrogens with zero attached hydrogens (tertiary/aromatic N) is 3. The zero-order valence-corrected chi connectivity index (χ0v) is 15.4. The third-order valence-corrected chi connectivity index (χ3v) is 6.44. The predicted octanol–water partition coefficient (Wildman–Crippen LogP) is 2.32. The van der Waals surface area contributed by atoms with Gasteiger partial charge in [-0.25, -0.2) is 0 Å². The van der Waals surface area contributed by atoms with Gasteiger partial charge in [0.2, 0.25) is 22.9 Å². The first kappa shape index (κ1) is 18.1. The normalized spacial score (nSPS) is 22.8. The van der Waals surface area contributed by atoms with E-state index in [9.17, 15) is 14.4 Å². The second kappa shape index (κ2) is 8.09. The lowest BCUT2D eigenvalue weighted by Gasteiger charge is -2.19. The second-order valence-electron chi connectivity index (χ2n) is 6.10. The van der Waals surface area contributed by atoms with Gasteiger partial charge in [-0.05, 0) is 12.8 Å². The minimum atomic E-state index is -0.271. The predicted molar refractivity (Wildman–Crippen MR) is 96.2 cm³/mol. The van der Waals surface area contributed by atoms with E-state index in [-0.39, 0.29) is 42.5 Å². The molecule has 2 heterocycles. The molecule has 1 aliphatic heterocycles. The molecule has 0 aromatic carbocycles. The molecule has 0 radical (unpaired) electrons. The van der Waals surface area contributed by atoms with E-state index in [2.05, 4.69) is 22.1 Å². The summed E-state index contributed by atoms with van der Waals surface area (Å²) in [5, 5.41) is 11.0. The van der Waals surface area contributed by atoms with Crippen LogP contribution in [0.4, 0.5) is 5.13 Å². The average Bonchev–Trinajstić information content (AvgIpc) is 3.15. The zero-order valence-electron chi connectivity index (χ0n) is 13.8. The summed E-state index contributed by atoms with van der Waals surface area (Å²) in [6.45, 7) is 3.77. The van der Waals surface area contributed by atoms with Crippen LogP contribution in [0.5, 0.6) is 0 Å². The first-order valence-corrected chi connectivity index (χ1v) is 10.1. The molecule has 1 aliphatic carbocycles. The number of imide groups is 1. The molecular weight excluding hydrogens is 360 g/mol. The van der Waals surface area contributed by atoms with Crippen molar-refractivity contribution in [2.45, 2.75) is 36.4 Å². The Kier molecular flexibility index (Phi) is 5.85. The zero-order chi connectivity index (χ0) is 17.8. The molecule has 1 saturated heterocycles. The van der Waals surface area contributed by atoms with E-state index in [0.717, 1.165) is 35.8 Å². The summed E-state index contributed by atoms with van der Waals surface area (Å²) in [4.78, 5) is 38.1. The van der Waals surface area contributed by atoms with Crippen LogP contribution < -0.4 is 5.32 Å². The Morgan fingerprint density at radius 2 is 1.96 bits per heavy atom. The van der Waals surface area contributed by atoms with E-state index in [1.54, 1.807) is 6.08 Å². The average molecular weight is 380 g/mol. The van der Waals surface area contributed by atoms with Gasteiger partial charge in [0.05, 0.1) is 11.8 Å². The lowest BCUT2D eigenvalue weighted by Crippen LogP contribution is -2.34. The number of hydrogen-bond acceptors (Lipinski definition) is 7. The third-order valence-electron chi connectivity index (χ3n) is 4.47. The number of amides is 3. The number of carbonyl (C=O) groups is 3. The minimum Gasteiger partial charge on any atom is -0.300 e. The molecule has 1 aromatic rings. The third kappa shape index (κ3) is 4.09. The van der Waals surface area contributed by atoms with Crippen molar-refractivity contribution in [1.82, 2.24) is 15.1 Å². The van der Waals surface area contributed by atoms with Gasteiger partial charge in [-0.2, -0.15) is 0 Å². The maximum Gasteiger partial charge on any atom is 0.233 e. The Labute approximate surface area is 154 Å². The van der Waals surface area contributed by atoms with Gasteiger partial charge in [0.1, 0.15) is 0 Å². The molecule has 1 saturated carbocycles. The van der Waals surface area contributed by atoms with E-state index < -0.39 is 0 Å². The van der Waals surface area contributed by atoms with Gasteiger partial charge in [-0.1, -0.05) is 42.0 Å². The van der Waals surface area contributed by atoms with Gasteiger partial charge >= 0.3 is 0 Å². The molecule has 0 unspecified atom stereocenters. The van der Waals surface area contributed by atoms with Crippen LogP contribution in [0.15, 0.2) is 17.0 Å². The SMILES string of the molecule is C=CCSc1nnc(NC(=O)CCN2C(=O)[C@@H]3CCCC[C@H]3C2=O)s1. The molecule has 1 N–H and O–H groups in total. The summed E-state index contributed by atoms with van der Waals surface area (Å²) in [6.07, 6.45) is 5.41. The van der Waals surface area contributed by atoms with Crippen LogP contribution in [0.3, 0.4) is 0 Å². The molecule has 7 nitrogen and oxygen atoms in total. The molecule has 0 bridgehead atoms. The minimum absolute atomic E-state index is 0.0750. The van der Waals surface area contributed by atoms with Gasteiger partial charge < -0.3 is 5.32 Å². The van der Waals surface area contributed by atoms with E-state index in [0.29, 0.717) is 5.13 Å². The number of fused-ring (bicyclic) bond motifs is 1. The van der Waals surface area contributed by atoms with Gasteiger partial charge in [-0.3, -0.25) is 19.3 Å². The van der Waals surface area contributed by atoms with Gasteiger partial charge in [0.15, 0.2) is 4.34 Å². The van der Waals surface area contributed by atoms with Crippen molar-refractivity contribution >= 4 is 46.0 Å². The van der Waals surface area contributed by atoms with Crippen LogP contribution in [0.25, 0.3) is 0 Å². The fourth-order valence-corrected chi connectivity index (χ4v) is 4.82. The summed E-state index contributed by atoms with van der Waals surface area (Å²) in [6, 6.07) is 0. The summed E-state index contributed by atoms with van der Waals surface area (Å²) < 4.78 is 0.754. The van der Waals surface area contributed by atoms with Crippen LogP contribution in [-0.2, 0) is 14.4 Å². The Balaban J connectivity index is 1.50. The molecule has 3 amide bonds. The maximum absolute atomic E-state index is 12.4. The summed E-state index contributed by atoms with van der Waals surface area (Å²) >= 11 is 2.78. The topological polar surface area (TPSA) is 92.3 Å². The number of rotatable bonds is 7. The van der Waals surface area contributed by atoms with Crippen molar-refractivity contribution in [2.24, 2.45) is 11.8 Å². The van der Waals surface area contributed by atoms with Gasteiger partial charge in [0, 0.05) is 18.7 Å². The Morgan fingerprint density at radius 1 is 1.28 bits per heavy atom. The quantitative estimate of drug-likeness (QED) is 0.338. The standard InChI is InChI=1S/C16H20N4O3S2/c1-2-9-24-16-19-18-15(25-16)17-12(21)7-8-20-13(22)10-5-3-4-6-11(10)14(20)23/h2,10-11H,1,3-9H2,(H,17,18,21)/t10-,11-/m1/s1. The molecule has 9 heteroatoms. The number of hydrogen-bond donors (Lipinski definition) is 1. The van der Waals surface area contributed by atoms with Crippen LogP contribution in [-0.4, -0.2) is 45.1 Å². The van der Waals surface area contributed by atoms with Gasteiger partial charge in [0.25, 0.3) is 0 Å². The van der Waals surface area contributed by atoms with Gasteiger partial charge in [-0.15, -0.1) is 16.8 Å². The van der Waals surface area contributed by atoms with E-state index in [1.165, 1.54) is 28.0 Å². The number of nitrogens with one attached hydrogen (secondary N) is 1. The van der Waals surface area contributed by atoms with Crippen molar-refractivity contribution in [3.05, 3.63) is 12.7 Å². The van der Waals surface area contributed by atoms with Crippen LogP contribution in [0.2, 0.25) is 0 Å². The summed E-state index contributed by atoms with van der Waals surface area (Å²) in [7, 11) is 0. The van der Waals surface area contributed by atoms with E-state index >= 15 is 0 Å². The number of likely N-dealkylation sites (tertiary alicyclic amines) is 1. The van der Waals surface area contributed by atoms with Crippen LogP contribution >= 0.6 is 23.1 Å². The number of carbonyl (C=O) groups excluding carboxylic acids is 3. The highest BCUT2D eigenvalue weighted by atomic mass is 32.2. The fourth-order valence-electron chi connectivity index (χ4n) is 3.30. The lowest BCUT2D eigenvalue weighted by atomic mass is 9.81. The highest BCUT2D eigenvalue weighted by Crippen LogP contribution is 2.38. The lowest BCUT2D eigenvalue weighted by molar-refractivity contribution is -0.140. The van der Waals surface area contributed by atoms with Crippen LogP contribution in [0.1, 0.15) is 32.1 Å². The van der Waals surface area contributed by atoms with Crippen molar-refractivity contribution in [1.29, 1.82) is 0 Å². The first-order chi connectivity index (χ1) is 12.1. The number of anilines is 1. The van der Waals surface area contributed by atoms with Crippen molar-refractivity contribution in [3.63, 3.8) is 0 Å². The first-order valence-electron chi connectivity index (χ1n) is 8.32.